The first kappa shape index (κ1) is 28.0. The number of carbonyl (C=O) groups excluding carboxylic acids is 1. The lowest BCUT2D eigenvalue weighted by Crippen LogP contribution is -2.55. The van der Waals surface area contributed by atoms with E-state index >= 15 is 0 Å². The van der Waals surface area contributed by atoms with Gasteiger partial charge in [0.2, 0.25) is 5.91 Å². The first-order valence-electron chi connectivity index (χ1n) is 13.2. The van der Waals surface area contributed by atoms with Crippen LogP contribution >= 0.6 is 7.60 Å². The number of aliphatic hydroxyl groups is 1. The van der Waals surface area contributed by atoms with Crippen LogP contribution in [-0.2, 0) is 9.36 Å². The van der Waals surface area contributed by atoms with Gasteiger partial charge in [-0.1, -0.05) is 61.5 Å². The van der Waals surface area contributed by atoms with Crippen molar-refractivity contribution >= 4 is 24.8 Å². The molecule has 0 saturated carbocycles. The van der Waals surface area contributed by atoms with Crippen molar-refractivity contribution in [2.24, 2.45) is 11.8 Å². The van der Waals surface area contributed by atoms with Crippen molar-refractivity contribution in [3.63, 3.8) is 0 Å². The van der Waals surface area contributed by atoms with Crippen LogP contribution in [-0.4, -0.2) is 25.9 Å². The number of phenolic OH excluding ortho intramolecular Hbond substituents is 1. The Bertz CT molecular complexity index is 1510. The lowest BCUT2D eigenvalue weighted by atomic mass is 9.77. The summed E-state index contributed by atoms with van der Waals surface area (Å²) in [6.45, 7) is 1.88. The molecule has 1 unspecified atom stereocenters. The summed E-state index contributed by atoms with van der Waals surface area (Å²) in [6.07, 6.45) is 3.14. The van der Waals surface area contributed by atoms with Gasteiger partial charge in [-0.05, 0) is 72.2 Å². The number of β-lactam (4-membered cyclic amide) rings is 1. The summed E-state index contributed by atoms with van der Waals surface area (Å²) in [7, 11) is -4.31. The lowest BCUT2D eigenvalue weighted by molar-refractivity contribution is -0.131. The molecule has 0 bridgehead atoms. The Morgan fingerprint density at radius 1 is 1.02 bits per heavy atom. The molecule has 0 spiro atoms. The van der Waals surface area contributed by atoms with E-state index in [1.165, 1.54) is 30.3 Å². The van der Waals surface area contributed by atoms with Gasteiger partial charge in [-0.2, -0.15) is 0 Å². The molecule has 1 fully saturated rings. The Kier molecular flexibility index (Phi) is 7.80. The van der Waals surface area contributed by atoms with Crippen molar-refractivity contribution in [2.45, 2.75) is 38.3 Å². The molecule has 1 heterocycles. The lowest BCUT2D eigenvalue weighted by Gasteiger charge is -2.48. The van der Waals surface area contributed by atoms with Crippen molar-refractivity contribution in [3.8, 4) is 5.75 Å². The van der Waals surface area contributed by atoms with Gasteiger partial charge in [-0.15, -0.1) is 0 Å². The van der Waals surface area contributed by atoms with Crippen molar-refractivity contribution in [2.75, 3.05) is 4.90 Å². The Morgan fingerprint density at radius 2 is 1.73 bits per heavy atom. The molecule has 208 valence electrons. The van der Waals surface area contributed by atoms with Crippen LogP contribution in [0.2, 0.25) is 0 Å². The van der Waals surface area contributed by atoms with Gasteiger partial charge in [-0.3, -0.25) is 9.36 Å². The van der Waals surface area contributed by atoms with Gasteiger partial charge in [0.1, 0.15) is 11.6 Å². The molecule has 1 aliphatic carbocycles. The minimum absolute atomic E-state index is 0.0119. The number of para-hydroxylation sites is 1. The number of allylic oxidation sites excluding steroid dienone is 4. The molecular formula is C31H31FNO6P. The van der Waals surface area contributed by atoms with Crippen molar-refractivity contribution in [3.05, 3.63) is 113 Å². The second kappa shape index (κ2) is 11.1. The largest absolute Gasteiger partial charge is 0.508 e. The summed E-state index contributed by atoms with van der Waals surface area (Å²) in [4.78, 5) is 34.1. The highest BCUT2D eigenvalue weighted by Crippen LogP contribution is 2.52. The van der Waals surface area contributed by atoms with Gasteiger partial charge < -0.3 is 24.9 Å². The minimum atomic E-state index is -4.31. The Balaban J connectivity index is 1.42. The van der Waals surface area contributed by atoms with Gasteiger partial charge in [0.05, 0.1) is 18.1 Å². The Hall–Kier alpha value is -3.55. The third-order valence-corrected chi connectivity index (χ3v) is 8.89. The number of amides is 1. The number of benzene rings is 3. The normalized spacial score (nSPS) is 21.9. The molecule has 1 saturated heterocycles. The SMILES string of the molecule is CC1CC(P(=O)(O)O)=CC=C1c1ccc([C@@H]2[C@@H](CC[C@H](O)c3ccc(F)cc3)C(=O)N2c2ccccc2)c(O)c1. The number of anilines is 1. The molecule has 2 aliphatic rings. The highest BCUT2D eigenvalue weighted by molar-refractivity contribution is 7.56. The average Bonchev–Trinajstić information content (AvgIpc) is 2.92. The fourth-order valence-corrected chi connectivity index (χ4v) is 6.44. The van der Waals surface area contributed by atoms with Crippen LogP contribution in [0.25, 0.3) is 5.57 Å². The molecule has 0 aromatic heterocycles. The van der Waals surface area contributed by atoms with Crippen molar-refractivity contribution in [1.82, 2.24) is 0 Å². The molecule has 1 aliphatic heterocycles. The van der Waals surface area contributed by atoms with E-state index < -0.39 is 25.7 Å². The molecule has 1 amide bonds. The van der Waals surface area contributed by atoms with Gasteiger partial charge >= 0.3 is 7.60 Å². The zero-order valence-corrected chi connectivity index (χ0v) is 22.8. The van der Waals surface area contributed by atoms with E-state index in [-0.39, 0.29) is 35.1 Å². The van der Waals surface area contributed by atoms with Crippen LogP contribution in [0, 0.1) is 17.7 Å². The van der Waals surface area contributed by atoms with E-state index in [0.717, 1.165) is 11.1 Å². The molecule has 40 heavy (non-hydrogen) atoms. The second-order valence-electron chi connectivity index (χ2n) is 10.4. The topological polar surface area (TPSA) is 118 Å². The molecule has 4 N–H and O–H groups in total. The average molecular weight is 564 g/mol. The molecule has 5 rings (SSSR count). The number of nitrogens with zero attached hydrogens (tertiary/aromatic N) is 1. The molecule has 3 aromatic carbocycles. The minimum Gasteiger partial charge on any atom is -0.508 e. The van der Waals surface area contributed by atoms with Crippen LogP contribution in [0.4, 0.5) is 10.1 Å². The third kappa shape index (κ3) is 5.54. The number of aliphatic hydroxyl groups excluding tert-OH is 1. The van der Waals surface area contributed by atoms with Crippen molar-refractivity contribution in [1.29, 1.82) is 0 Å². The smallest absolute Gasteiger partial charge is 0.352 e. The fraction of sp³-hybridized carbons (Fsp3) is 0.258. The Morgan fingerprint density at radius 3 is 2.35 bits per heavy atom. The van der Waals surface area contributed by atoms with Crippen LogP contribution in [0.3, 0.4) is 0 Å². The highest BCUT2D eigenvalue weighted by Gasteiger charge is 2.49. The molecular weight excluding hydrogens is 532 g/mol. The molecule has 4 atom stereocenters. The molecule has 3 aromatic rings. The van der Waals surface area contributed by atoms with Gasteiger partial charge in [0.15, 0.2) is 0 Å². The number of carbonyl (C=O) groups is 1. The predicted octanol–water partition coefficient (Wildman–Crippen LogP) is 6.23. The third-order valence-electron chi connectivity index (χ3n) is 7.81. The monoisotopic (exact) mass is 563 g/mol. The number of rotatable bonds is 8. The number of halogens is 1. The Labute approximate surface area is 232 Å². The number of hydrogen-bond acceptors (Lipinski definition) is 4. The van der Waals surface area contributed by atoms with Crippen LogP contribution in [0.1, 0.15) is 55.0 Å². The van der Waals surface area contributed by atoms with Gasteiger partial charge in [-0.25, -0.2) is 4.39 Å². The zero-order valence-electron chi connectivity index (χ0n) is 21.9. The maximum Gasteiger partial charge on any atom is 0.352 e. The van der Waals surface area contributed by atoms with E-state index in [1.54, 1.807) is 23.1 Å². The van der Waals surface area contributed by atoms with E-state index in [0.29, 0.717) is 29.7 Å². The van der Waals surface area contributed by atoms with E-state index in [4.69, 9.17) is 0 Å². The zero-order chi connectivity index (χ0) is 28.6. The maximum atomic E-state index is 13.4. The summed E-state index contributed by atoms with van der Waals surface area (Å²) in [5, 5.41) is 21.9. The summed E-state index contributed by atoms with van der Waals surface area (Å²) < 4.78 is 25.0. The summed E-state index contributed by atoms with van der Waals surface area (Å²) >= 11 is 0. The standard InChI is InChI=1S/C31H31FNO6P/c1-19-17-24(40(37,38)39)12-14-25(19)21-9-13-26(29(35)18-21)30-27(31(36)33(30)23-5-3-2-4-6-23)15-16-28(34)20-7-10-22(32)11-8-20/h2-14,18-19,27-28,30,34-35H,15-17H2,1H3,(H2,37,38,39)/t19?,27-,28+,30-/m1/s1. The van der Waals surface area contributed by atoms with Crippen LogP contribution in [0.15, 0.2) is 90.3 Å². The van der Waals surface area contributed by atoms with Gasteiger partial charge in [0, 0.05) is 16.6 Å². The number of aromatic hydroxyl groups is 1. The highest BCUT2D eigenvalue weighted by atomic mass is 31.2. The molecule has 0 radical (unpaired) electrons. The number of phenols is 1. The summed E-state index contributed by atoms with van der Waals surface area (Å²) in [5.41, 5.74) is 3.43. The van der Waals surface area contributed by atoms with Crippen LogP contribution in [0.5, 0.6) is 5.75 Å². The summed E-state index contributed by atoms with van der Waals surface area (Å²) in [6, 6.07) is 19.6. The first-order chi connectivity index (χ1) is 19.0. The molecule has 7 nitrogen and oxygen atoms in total. The second-order valence-corrected chi connectivity index (χ2v) is 12.1. The van der Waals surface area contributed by atoms with Gasteiger partial charge in [0.25, 0.3) is 0 Å². The number of hydrogen-bond donors (Lipinski definition) is 4. The molecule has 9 heteroatoms. The van der Waals surface area contributed by atoms with E-state index in [1.807, 2.05) is 43.3 Å². The first-order valence-corrected chi connectivity index (χ1v) is 14.8. The predicted molar refractivity (Wildman–Crippen MR) is 151 cm³/mol. The van der Waals surface area contributed by atoms with E-state index in [2.05, 4.69) is 0 Å². The summed E-state index contributed by atoms with van der Waals surface area (Å²) in [5.74, 6) is -1.12. The maximum absolute atomic E-state index is 13.4. The van der Waals surface area contributed by atoms with Crippen LogP contribution < -0.4 is 4.90 Å². The quantitative estimate of drug-likeness (QED) is 0.191. The van der Waals surface area contributed by atoms with Crippen molar-refractivity contribution < 1.29 is 33.7 Å². The van der Waals surface area contributed by atoms with E-state index in [9.17, 15) is 33.7 Å². The fourth-order valence-electron chi connectivity index (χ4n) is 5.66.